The molecule has 1 aromatic carbocycles. The van der Waals surface area contributed by atoms with E-state index in [1.54, 1.807) is 13.3 Å². The van der Waals surface area contributed by atoms with Crippen molar-refractivity contribution in [3.63, 3.8) is 0 Å². The normalized spacial score (nSPS) is 10.4. The molecule has 19 heavy (non-hydrogen) atoms. The molecule has 1 heterocycles. The SMILES string of the molecule is COCCOc1ccccc1Cc1cccnc1N. The third-order valence-corrected chi connectivity index (χ3v) is 2.82. The van der Waals surface area contributed by atoms with E-state index in [9.17, 15) is 0 Å². The molecular weight excluding hydrogens is 240 g/mol. The molecule has 0 saturated carbocycles. The van der Waals surface area contributed by atoms with E-state index in [0.29, 0.717) is 25.5 Å². The van der Waals surface area contributed by atoms with Crippen LogP contribution in [-0.4, -0.2) is 25.3 Å². The highest BCUT2D eigenvalue weighted by atomic mass is 16.5. The van der Waals surface area contributed by atoms with Gasteiger partial charge in [-0.15, -0.1) is 0 Å². The van der Waals surface area contributed by atoms with Crippen molar-refractivity contribution in [1.82, 2.24) is 4.98 Å². The number of nitrogens with two attached hydrogens (primary N) is 1. The summed E-state index contributed by atoms with van der Waals surface area (Å²) >= 11 is 0. The average molecular weight is 258 g/mol. The lowest BCUT2D eigenvalue weighted by molar-refractivity contribution is 0.146. The number of rotatable bonds is 6. The van der Waals surface area contributed by atoms with Gasteiger partial charge in [0.1, 0.15) is 18.2 Å². The van der Waals surface area contributed by atoms with Crippen LogP contribution in [0.1, 0.15) is 11.1 Å². The Balaban J connectivity index is 2.13. The molecule has 0 radical (unpaired) electrons. The second-order valence-electron chi connectivity index (χ2n) is 4.17. The maximum atomic E-state index is 5.87. The van der Waals surface area contributed by atoms with Crippen LogP contribution in [0.15, 0.2) is 42.6 Å². The van der Waals surface area contributed by atoms with E-state index in [1.165, 1.54) is 0 Å². The number of anilines is 1. The fourth-order valence-corrected chi connectivity index (χ4v) is 1.83. The highest BCUT2D eigenvalue weighted by Crippen LogP contribution is 2.23. The van der Waals surface area contributed by atoms with Gasteiger partial charge in [0.25, 0.3) is 0 Å². The summed E-state index contributed by atoms with van der Waals surface area (Å²) < 4.78 is 10.7. The standard InChI is InChI=1S/C15H18N2O2/c1-18-9-10-19-14-7-3-2-5-12(14)11-13-6-4-8-17-15(13)16/h2-8H,9-11H2,1H3,(H2,16,17). The number of hydrogen-bond acceptors (Lipinski definition) is 4. The molecule has 0 aliphatic rings. The van der Waals surface area contributed by atoms with Crippen molar-refractivity contribution in [1.29, 1.82) is 0 Å². The van der Waals surface area contributed by atoms with Gasteiger partial charge in [-0.1, -0.05) is 24.3 Å². The largest absolute Gasteiger partial charge is 0.491 e. The first-order valence-electron chi connectivity index (χ1n) is 6.20. The molecule has 2 N–H and O–H groups in total. The summed E-state index contributed by atoms with van der Waals surface area (Å²) in [6.07, 6.45) is 2.41. The van der Waals surface area contributed by atoms with Crippen LogP contribution in [0.3, 0.4) is 0 Å². The summed E-state index contributed by atoms with van der Waals surface area (Å²) in [5, 5.41) is 0. The second kappa shape index (κ2) is 6.75. The Hall–Kier alpha value is -2.07. The quantitative estimate of drug-likeness (QED) is 0.808. The first-order chi connectivity index (χ1) is 9.31. The van der Waals surface area contributed by atoms with Crippen molar-refractivity contribution >= 4 is 5.82 Å². The zero-order valence-corrected chi connectivity index (χ0v) is 11.0. The number of hydrogen-bond donors (Lipinski definition) is 1. The number of benzene rings is 1. The molecule has 0 unspecified atom stereocenters. The van der Waals surface area contributed by atoms with Crippen LogP contribution in [0, 0.1) is 0 Å². The van der Waals surface area contributed by atoms with E-state index in [1.807, 2.05) is 36.4 Å². The van der Waals surface area contributed by atoms with Crippen molar-refractivity contribution in [3.05, 3.63) is 53.7 Å². The van der Waals surface area contributed by atoms with Crippen LogP contribution in [0.4, 0.5) is 5.82 Å². The molecule has 0 bridgehead atoms. The van der Waals surface area contributed by atoms with Gasteiger partial charge in [-0.2, -0.15) is 0 Å². The Morgan fingerprint density at radius 2 is 1.84 bits per heavy atom. The second-order valence-corrected chi connectivity index (χ2v) is 4.17. The third-order valence-electron chi connectivity index (χ3n) is 2.82. The van der Waals surface area contributed by atoms with Gasteiger partial charge >= 0.3 is 0 Å². The number of ether oxygens (including phenoxy) is 2. The Bertz CT molecular complexity index is 529. The van der Waals surface area contributed by atoms with Crippen molar-refractivity contribution in [2.24, 2.45) is 0 Å². The summed E-state index contributed by atoms with van der Waals surface area (Å²) in [6, 6.07) is 11.8. The zero-order chi connectivity index (χ0) is 13.5. The molecule has 0 spiro atoms. The summed E-state index contributed by atoms with van der Waals surface area (Å²) in [4.78, 5) is 4.10. The van der Waals surface area contributed by atoms with Gasteiger partial charge < -0.3 is 15.2 Å². The first kappa shape index (κ1) is 13.4. The minimum Gasteiger partial charge on any atom is -0.491 e. The van der Waals surface area contributed by atoms with Crippen LogP contribution in [0.5, 0.6) is 5.75 Å². The zero-order valence-electron chi connectivity index (χ0n) is 11.0. The van der Waals surface area contributed by atoms with Crippen LogP contribution in [0.25, 0.3) is 0 Å². The Kier molecular flexibility index (Phi) is 4.75. The summed E-state index contributed by atoms with van der Waals surface area (Å²) in [6.45, 7) is 1.11. The van der Waals surface area contributed by atoms with Crippen molar-refractivity contribution in [2.75, 3.05) is 26.1 Å². The van der Waals surface area contributed by atoms with Gasteiger partial charge in [-0.05, 0) is 23.3 Å². The molecule has 2 rings (SSSR count). The topological polar surface area (TPSA) is 57.4 Å². The monoisotopic (exact) mass is 258 g/mol. The average Bonchev–Trinajstić information content (AvgIpc) is 2.43. The molecule has 4 nitrogen and oxygen atoms in total. The predicted octanol–water partition coefficient (Wildman–Crippen LogP) is 2.28. The number of aromatic nitrogens is 1. The number of para-hydroxylation sites is 1. The molecule has 0 atom stereocenters. The van der Waals surface area contributed by atoms with E-state index >= 15 is 0 Å². The first-order valence-corrected chi connectivity index (χ1v) is 6.20. The fraction of sp³-hybridized carbons (Fsp3) is 0.267. The third kappa shape index (κ3) is 3.69. The van der Waals surface area contributed by atoms with Gasteiger partial charge in [0.2, 0.25) is 0 Å². The Morgan fingerprint density at radius 1 is 1.05 bits per heavy atom. The fourth-order valence-electron chi connectivity index (χ4n) is 1.83. The van der Waals surface area contributed by atoms with Gasteiger partial charge in [0, 0.05) is 19.7 Å². The Labute approximate surface area is 113 Å². The number of methoxy groups -OCH3 is 1. The maximum absolute atomic E-state index is 5.87. The van der Waals surface area contributed by atoms with Crippen LogP contribution in [-0.2, 0) is 11.2 Å². The van der Waals surface area contributed by atoms with E-state index in [4.69, 9.17) is 15.2 Å². The molecule has 0 amide bonds. The van der Waals surface area contributed by atoms with Crippen LogP contribution >= 0.6 is 0 Å². The van der Waals surface area contributed by atoms with Crippen LogP contribution < -0.4 is 10.5 Å². The lowest BCUT2D eigenvalue weighted by Gasteiger charge is -2.11. The minimum absolute atomic E-state index is 0.538. The summed E-state index contributed by atoms with van der Waals surface area (Å²) in [7, 11) is 1.66. The molecule has 1 aromatic heterocycles. The highest BCUT2D eigenvalue weighted by Gasteiger charge is 2.06. The maximum Gasteiger partial charge on any atom is 0.126 e. The highest BCUT2D eigenvalue weighted by molar-refractivity contribution is 5.45. The molecule has 100 valence electrons. The number of pyridine rings is 1. The lowest BCUT2D eigenvalue weighted by Crippen LogP contribution is -2.06. The van der Waals surface area contributed by atoms with Crippen molar-refractivity contribution in [2.45, 2.75) is 6.42 Å². The molecule has 0 aliphatic heterocycles. The number of nitrogens with zero attached hydrogens (tertiary/aromatic N) is 1. The molecule has 2 aromatic rings. The molecular formula is C15H18N2O2. The van der Waals surface area contributed by atoms with Crippen LogP contribution in [0.2, 0.25) is 0 Å². The number of nitrogen functional groups attached to an aromatic ring is 1. The lowest BCUT2D eigenvalue weighted by atomic mass is 10.0. The van der Waals surface area contributed by atoms with E-state index in [0.717, 1.165) is 16.9 Å². The van der Waals surface area contributed by atoms with Gasteiger partial charge in [0.05, 0.1) is 6.61 Å². The Morgan fingerprint density at radius 3 is 2.63 bits per heavy atom. The molecule has 0 aliphatic carbocycles. The van der Waals surface area contributed by atoms with Crippen molar-refractivity contribution in [3.8, 4) is 5.75 Å². The molecule has 0 saturated heterocycles. The minimum atomic E-state index is 0.538. The van der Waals surface area contributed by atoms with Gasteiger partial charge in [-0.25, -0.2) is 4.98 Å². The predicted molar refractivity (Wildman–Crippen MR) is 75.3 cm³/mol. The smallest absolute Gasteiger partial charge is 0.126 e. The molecule has 0 fully saturated rings. The van der Waals surface area contributed by atoms with Gasteiger partial charge in [-0.3, -0.25) is 0 Å². The van der Waals surface area contributed by atoms with E-state index < -0.39 is 0 Å². The van der Waals surface area contributed by atoms with E-state index in [2.05, 4.69) is 4.98 Å². The molecule has 4 heteroatoms. The van der Waals surface area contributed by atoms with Gasteiger partial charge in [0.15, 0.2) is 0 Å². The summed E-state index contributed by atoms with van der Waals surface area (Å²) in [5.41, 5.74) is 7.97. The van der Waals surface area contributed by atoms with E-state index in [-0.39, 0.29) is 0 Å². The summed E-state index contributed by atoms with van der Waals surface area (Å²) in [5.74, 6) is 1.43. The van der Waals surface area contributed by atoms with Crippen molar-refractivity contribution < 1.29 is 9.47 Å².